The molecule has 0 saturated carbocycles. The Balaban J connectivity index is 1.48. The fraction of sp³-hybridized carbons (Fsp3) is 0.417. The minimum Gasteiger partial charge on any atom is -0.486 e. The molecule has 0 fully saturated rings. The van der Waals surface area contributed by atoms with Crippen molar-refractivity contribution in [3.63, 3.8) is 0 Å². The Hall–Kier alpha value is -3.22. The lowest BCUT2D eigenvalue weighted by Gasteiger charge is -2.25. The van der Waals surface area contributed by atoms with Gasteiger partial charge < -0.3 is 25.0 Å². The van der Waals surface area contributed by atoms with E-state index in [0.717, 1.165) is 16.9 Å². The van der Waals surface area contributed by atoms with Crippen molar-refractivity contribution >= 4 is 11.9 Å². The van der Waals surface area contributed by atoms with E-state index in [4.69, 9.17) is 9.47 Å². The molecule has 2 aromatic rings. The van der Waals surface area contributed by atoms with Crippen molar-refractivity contribution < 1.29 is 19.1 Å². The summed E-state index contributed by atoms with van der Waals surface area (Å²) < 4.78 is 11.2. The highest BCUT2D eigenvalue weighted by Crippen LogP contribution is 2.34. The highest BCUT2D eigenvalue weighted by atomic mass is 16.6. The summed E-state index contributed by atoms with van der Waals surface area (Å²) in [4.78, 5) is 26.4. The third-order valence-electron chi connectivity index (χ3n) is 5.15. The number of fused-ring (bicyclic) bond motifs is 1. The first kappa shape index (κ1) is 22.5. The van der Waals surface area contributed by atoms with Crippen LogP contribution in [0.5, 0.6) is 11.5 Å². The molecule has 7 nitrogen and oxygen atoms in total. The third-order valence-corrected chi connectivity index (χ3v) is 5.15. The molecular formula is C24H31N3O4. The monoisotopic (exact) mass is 425 g/mol. The van der Waals surface area contributed by atoms with Crippen LogP contribution >= 0.6 is 0 Å². The number of benzene rings is 2. The lowest BCUT2D eigenvalue weighted by atomic mass is 9.95. The Morgan fingerprint density at radius 1 is 1.03 bits per heavy atom. The number of rotatable bonds is 8. The normalized spacial score (nSPS) is 13.4. The van der Waals surface area contributed by atoms with Gasteiger partial charge in [-0.1, -0.05) is 50.2 Å². The van der Waals surface area contributed by atoms with Crippen LogP contribution in [0.1, 0.15) is 37.4 Å². The number of amides is 3. The van der Waals surface area contributed by atoms with E-state index in [9.17, 15) is 9.59 Å². The van der Waals surface area contributed by atoms with Crippen LogP contribution in [0.4, 0.5) is 4.79 Å². The number of nitrogens with zero attached hydrogens (tertiary/aromatic N) is 1. The second-order valence-electron chi connectivity index (χ2n) is 8.02. The summed E-state index contributed by atoms with van der Waals surface area (Å²) in [5.74, 6) is 1.52. The molecule has 1 unspecified atom stereocenters. The molecule has 2 aromatic carbocycles. The predicted octanol–water partition coefficient (Wildman–Crippen LogP) is 3.50. The maximum Gasteiger partial charge on any atom is 0.317 e. The fourth-order valence-electron chi connectivity index (χ4n) is 3.48. The molecule has 3 amide bonds. The highest BCUT2D eigenvalue weighted by molar-refractivity contribution is 5.78. The van der Waals surface area contributed by atoms with E-state index >= 15 is 0 Å². The first-order valence-corrected chi connectivity index (χ1v) is 10.7. The number of hydrogen-bond acceptors (Lipinski definition) is 4. The predicted molar refractivity (Wildman–Crippen MR) is 119 cm³/mol. The number of hydrogen-bond donors (Lipinski definition) is 2. The van der Waals surface area contributed by atoms with Crippen molar-refractivity contribution in [2.75, 3.05) is 26.8 Å². The standard InChI is InChI=1S/C24H31N3O4/c1-17(2)23(19-9-10-20-21(15-19)31-14-13-30-20)26-22(28)11-12-25-24(29)27(3)16-18-7-5-4-6-8-18/h4-10,15,17,23H,11-14,16H2,1-3H3,(H,25,29)(H,26,28). The Kier molecular flexibility index (Phi) is 7.76. The number of carbonyl (C=O) groups excluding carboxylic acids is 2. The average Bonchev–Trinajstić information content (AvgIpc) is 2.77. The first-order valence-electron chi connectivity index (χ1n) is 10.7. The van der Waals surface area contributed by atoms with Crippen molar-refractivity contribution in [1.29, 1.82) is 0 Å². The second kappa shape index (κ2) is 10.7. The number of nitrogens with one attached hydrogen (secondary N) is 2. The lowest BCUT2D eigenvalue weighted by Crippen LogP contribution is -2.39. The smallest absolute Gasteiger partial charge is 0.317 e. The average molecular weight is 426 g/mol. The van der Waals surface area contributed by atoms with Gasteiger partial charge in [0.2, 0.25) is 5.91 Å². The summed E-state index contributed by atoms with van der Waals surface area (Å²) in [6, 6.07) is 15.2. The highest BCUT2D eigenvalue weighted by Gasteiger charge is 2.21. The topological polar surface area (TPSA) is 79.9 Å². The van der Waals surface area contributed by atoms with Crippen LogP contribution in [0.25, 0.3) is 0 Å². The van der Waals surface area contributed by atoms with Gasteiger partial charge in [0.25, 0.3) is 0 Å². The Morgan fingerprint density at radius 3 is 2.45 bits per heavy atom. The third kappa shape index (κ3) is 6.38. The van der Waals surface area contributed by atoms with Gasteiger partial charge >= 0.3 is 6.03 Å². The Morgan fingerprint density at radius 2 is 1.74 bits per heavy atom. The van der Waals surface area contributed by atoms with Crippen LogP contribution in [-0.2, 0) is 11.3 Å². The maximum absolute atomic E-state index is 12.5. The van der Waals surface area contributed by atoms with E-state index in [1.807, 2.05) is 48.5 Å². The van der Waals surface area contributed by atoms with Gasteiger partial charge in [0, 0.05) is 26.6 Å². The molecule has 166 valence electrons. The lowest BCUT2D eigenvalue weighted by molar-refractivity contribution is -0.122. The summed E-state index contributed by atoms with van der Waals surface area (Å²) >= 11 is 0. The maximum atomic E-state index is 12.5. The van der Waals surface area contributed by atoms with E-state index in [1.165, 1.54) is 0 Å². The Labute approximate surface area is 183 Å². The van der Waals surface area contributed by atoms with Gasteiger partial charge in [-0.15, -0.1) is 0 Å². The van der Waals surface area contributed by atoms with Gasteiger partial charge in [0.05, 0.1) is 6.04 Å². The van der Waals surface area contributed by atoms with Gasteiger partial charge in [-0.2, -0.15) is 0 Å². The van der Waals surface area contributed by atoms with Crippen LogP contribution in [0.2, 0.25) is 0 Å². The van der Waals surface area contributed by atoms with E-state index in [2.05, 4.69) is 24.5 Å². The van der Waals surface area contributed by atoms with Gasteiger partial charge in [0.1, 0.15) is 13.2 Å². The van der Waals surface area contributed by atoms with Crippen molar-refractivity contribution in [1.82, 2.24) is 15.5 Å². The zero-order valence-corrected chi connectivity index (χ0v) is 18.4. The van der Waals surface area contributed by atoms with Crippen LogP contribution in [-0.4, -0.2) is 43.6 Å². The fourth-order valence-corrected chi connectivity index (χ4v) is 3.48. The second-order valence-corrected chi connectivity index (χ2v) is 8.02. The van der Waals surface area contributed by atoms with Gasteiger partial charge in [0.15, 0.2) is 11.5 Å². The zero-order chi connectivity index (χ0) is 22.2. The van der Waals surface area contributed by atoms with E-state index in [0.29, 0.717) is 25.5 Å². The van der Waals surface area contributed by atoms with Crippen molar-refractivity contribution in [2.24, 2.45) is 5.92 Å². The zero-order valence-electron chi connectivity index (χ0n) is 18.4. The molecule has 7 heteroatoms. The summed E-state index contributed by atoms with van der Waals surface area (Å²) in [6.45, 7) is 5.97. The molecule has 2 N–H and O–H groups in total. The van der Waals surface area contributed by atoms with Gasteiger partial charge in [-0.3, -0.25) is 4.79 Å². The SMILES string of the molecule is CC(C)C(NC(=O)CCNC(=O)N(C)Cc1ccccc1)c1ccc2c(c1)OCCO2. The first-order chi connectivity index (χ1) is 14.9. The van der Waals surface area contributed by atoms with Crippen molar-refractivity contribution in [3.8, 4) is 11.5 Å². The molecule has 0 bridgehead atoms. The number of urea groups is 1. The van der Waals surface area contributed by atoms with Crippen LogP contribution < -0.4 is 20.1 Å². The molecular weight excluding hydrogens is 394 g/mol. The van der Waals surface area contributed by atoms with Gasteiger partial charge in [-0.05, 0) is 29.2 Å². The molecule has 3 rings (SSSR count). The summed E-state index contributed by atoms with van der Waals surface area (Å²) in [5.41, 5.74) is 2.02. The minimum atomic E-state index is -0.205. The summed E-state index contributed by atoms with van der Waals surface area (Å²) in [7, 11) is 1.74. The van der Waals surface area contributed by atoms with E-state index < -0.39 is 0 Å². The molecule has 0 aliphatic carbocycles. The molecule has 31 heavy (non-hydrogen) atoms. The number of carbonyl (C=O) groups is 2. The van der Waals surface area contributed by atoms with Crippen LogP contribution in [0.3, 0.4) is 0 Å². The molecule has 1 atom stereocenters. The molecule has 0 radical (unpaired) electrons. The van der Waals surface area contributed by atoms with Crippen LogP contribution in [0, 0.1) is 5.92 Å². The minimum absolute atomic E-state index is 0.111. The quantitative estimate of drug-likeness (QED) is 0.678. The summed E-state index contributed by atoms with van der Waals surface area (Å²) in [6.07, 6.45) is 0.207. The van der Waals surface area contributed by atoms with E-state index in [-0.39, 0.29) is 36.9 Å². The van der Waals surface area contributed by atoms with Gasteiger partial charge in [-0.25, -0.2) is 4.79 Å². The number of ether oxygens (including phenoxy) is 2. The Bertz CT molecular complexity index is 886. The van der Waals surface area contributed by atoms with Crippen molar-refractivity contribution in [3.05, 3.63) is 59.7 Å². The van der Waals surface area contributed by atoms with Crippen LogP contribution in [0.15, 0.2) is 48.5 Å². The summed E-state index contributed by atoms with van der Waals surface area (Å²) in [5, 5.41) is 5.89. The van der Waals surface area contributed by atoms with E-state index in [1.54, 1.807) is 11.9 Å². The van der Waals surface area contributed by atoms with Crippen molar-refractivity contribution in [2.45, 2.75) is 32.9 Å². The largest absolute Gasteiger partial charge is 0.486 e. The molecule has 1 aliphatic rings. The molecule has 1 heterocycles. The molecule has 1 aliphatic heterocycles. The molecule has 0 saturated heterocycles. The molecule has 0 aromatic heterocycles. The molecule has 0 spiro atoms.